The van der Waals surface area contributed by atoms with Crippen molar-refractivity contribution in [3.05, 3.63) is 29.8 Å². The summed E-state index contributed by atoms with van der Waals surface area (Å²) < 4.78 is 32.4. The van der Waals surface area contributed by atoms with Crippen molar-refractivity contribution in [3.63, 3.8) is 0 Å². The number of hydrogen-bond acceptors (Lipinski definition) is 3. The van der Waals surface area contributed by atoms with Crippen LogP contribution in [0.1, 0.15) is 89.5 Å². The van der Waals surface area contributed by atoms with E-state index in [2.05, 4.69) is 36.9 Å². The van der Waals surface area contributed by atoms with Crippen LogP contribution >= 0.6 is 15.9 Å². The molecule has 0 heterocycles. The first-order valence-corrected chi connectivity index (χ1v) is 14.6. The standard InChI is InChI=1S/C18H39BrN.C7H8O3S/c1-4-5-6-7-8-9-10-11-12-14-17-20(2,3)18-15-13-16-19;1-6-2-4-7(5-3-6)11(8,9)10/h4-18H2,1-3H3;2-5H,1H3,(H,8,9,10)/q+1;/p-1. The molecule has 182 valence electrons. The summed E-state index contributed by atoms with van der Waals surface area (Å²) in [7, 11) is 0.512. The summed E-state index contributed by atoms with van der Waals surface area (Å²) in [6.45, 7) is 6.81. The van der Waals surface area contributed by atoms with Crippen LogP contribution in [-0.2, 0) is 10.1 Å². The number of quaternary nitrogens is 1. The minimum absolute atomic E-state index is 0.178. The lowest BCUT2D eigenvalue weighted by atomic mass is 10.1. The van der Waals surface area contributed by atoms with Crippen molar-refractivity contribution in [2.75, 3.05) is 32.5 Å². The van der Waals surface area contributed by atoms with Gasteiger partial charge < -0.3 is 9.04 Å². The molecule has 0 saturated carbocycles. The summed E-state index contributed by atoms with van der Waals surface area (Å²) in [5.74, 6) is 0. The molecular formula is C25H46BrNO3S. The van der Waals surface area contributed by atoms with E-state index in [1.165, 1.54) is 107 Å². The zero-order valence-corrected chi connectivity index (χ0v) is 22.8. The molecule has 6 heteroatoms. The number of aryl methyl sites for hydroxylation is 1. The fourth-order valence-corrected chi connectivity index (χ4v) is 4.34. The van der Waals surface area contributed by atoms with E-state index in [1.54, 1.807) is 12.1 Å². The molecule has 1 aromatic rings. The zero-order chi connectivity index (χ0) is 23.6. The van der Waals surface area contributed by atoms with Crippen LogP contribution in [0.25, 0.3) is 0 Å². The maximum absolute atomic E-state index is 10.4. The number of rotatable bonds is 16. The molecule has 0 N–H and O–H groups in total. The van der Waals surface area contributed by atoms with E-state index < -0.39 is 10.1 Å². The SMILES string of the molecule is CCCCCCCCCCCC[N+](C)(C)CCCCBr.Cc1ccc(S(=O)(=O)[O-])cc1. The normalized spacial score (nSPS) is 11.8. The van der Waals surface area contributed by atoms with E-state index >= 15 is 0 Å². The maximum Gasteiger partial charge on any atom is 0.124 e. The predicted molar refractivity (Wildman–Crippen MR) is 136 cm³/mol. The molecule has 0 aromatic heterocycles. The Morgan fingerprint density at radius 1 is 0.774 bits per heavy atom. The minimum Gasteiger partial charge on any atom is -0.744 e. The Morgan fingerprint density at radius 2 is 1.19 bits per heavy atom. The average molecular weight is 521 g/mol. The lowest BCUT2D eigenvalue weighted by molar-refractivity contribution is -0.890. The number of benzene rings is 1. The molecule has 0 aliphatic carbocycles. The van der Waals surface area contributed by atoms with Crippen molar-refractivity contribution in [1.82, 2.24) is 0 Å². The van der Waals surface area contributed by atoms with Crippen molar-refractivity contribution in [2.45, 2.75) is 95.8 Å². The third-order valence-electron chi connectivity index (χ3n) is 5.57. The van der Waals surface area contributed by atoms with Gasteiger partial charge in [-0.15, -0.1) is 0 Å². The molecule has 0 radical (unpaired) electrons. The minimum atomic E-state index is -4.27. The first kappa shape index (κ1) is 30.6. The Balaban J connectivity index is 0.000000683. The Bertz CT molecular complexity index is 645. The molecule has 31 heavy (non-hydrogen) atoms. The Hall–Kier alpha value is -0.430. The molecule has 0 aliphatic heterocycles. The quantitative estimate of drug-likeness (QED) is 0.101. The van der Waals surface area contributed by atoms with Crippen LogP contribution in [0.5, 0.6) is 0 Å². The third kappa shape index (κ3) is 18.8. The molecule has 0 atom stereocenters. The fourth-order valence-electron chi connectivity index (χ4n) is 3.48. The van der Waals surface area contributed by atoms with E-state index in [0.29, 0.717) is 0 Å². The molecule has 0 spiro atoms. The predicted octanol–water partition coefficient (Wildman–Crippen LogP) is 7.06. The second-order valence-electron chi connectivity index (χ2n) is 9.23. The molecular weight excluding hydrogens is 474 g/mol. The highest BCUT2D eigenvalue weighted by Gasteiger charge is 2.13. The Kier molecular flexibility index (Phi) is 17.8. The van der Waals surface area contributed by atoms with Crippen molar-refractivity contribution in [1.29, 1.82) is 0 Å². The van der Waals surface area contributed by atoms with E-state index in [-0.39, 0.29) is 4.90 Å². The van der Waals surface area contributed by atoms with E-state index in [1.807, 2.05) is 6.92 Å². The van der Waals surface area contributed by atoms with Gasteiger partial charge in [0.2, 0.25) is 0 Å². The average Bonchev–Trinajstić information content (AvgIpc) is 2.69. The lowest BCUT2D eigenvalue weighted by Gasteiger charge is -2.29. The first-order valence-electron chi connectivity index (χ1n) is 12.0. The summed E-state index contributed by atoms with van der Waals surface area (Å²) in [4.78, 5) is -0.178. The van der Waals surface area contributed by atoms with Gasteiger partial charge in [0.15, 0.2) is 0 Å². The molecule has 0 amide bonds. The largest absolute Gasteiger partial charge is 0.744 e. The molecule has 0 aliphatic rings. The second kappa shape index (κ2) is 18.0. The van der Waals surface area contributed by atoms with Crippen molar-refractivity contribution < 1.29 is 17.5 Å². The van der Waals surface area contributed by atoms with Gasteiger partial charge in [-0.25, -0.2) is 8.42 Å². The lowest BCUT2D eigenvalue weighted by Crippen LogP contribution is -2.41. The van der Waals surface area contributed by atoms with Gasteiger partial charge in [0, 0.05) is 5.33 Å². The molecule has 0 unspecified atom stereocenters. The third-order valence-corrected chi connectivity index (χ3v) is 6.98. The van der Waals surface area contributed by atoms with Crippen LogP contribution in [0.15, 0.2) is 29.2 Å². The van der Waals surface area contributed by atoms with Crippen LogP contribution in [-0.4, -0.2) is 50.0 Å². The number of halogens is 1. The second-order valence-corrected chi connectivity index (χ2v) is 11.4. The fraction of sp³-hybridized carbons (Fsp3) is 0.760. The highest BCUT2D eigenvalue weighted by Crippen LogP contribution is 2.12. The number of alkyl halides is 1. The van der Waals surface area contributed by atoms with Gasteiger partial charge in [-0.3, -0.25) is 0 Å². The van der Waals surface area contributed by atoms with E-state index in [4.69, 9.17) is 0 Å². The number of unbranched alkanes of at least 4 members (excludes halogenated alkanes) is 10. The van der Waals surface area contributed by atoms with E-state index in [9.17, 15) is 13.0 Å². The van der Waals surface area contributed by atoms with Crippen molar-refractivity contribution >= 4 is 26.0 Å². The molecule has 1 aromatic carbocycles. The van der Waals surface area contributed by atoms with Crippen molar-refractivity contribution in [2.24, 2.45) is 0 Å². The topological polar surface area (TPSA) is 57.2 Å². The number of nitrogens with zero attached hydrogens (tertiary/aromatic N) is 1. The van der Waals surface area contributed by atoms with Gasteiger partial charge in [0.05, 0.1) is 32.1 Å². The highest BCUT2D eigenvalue weighted by molar-refractivity contribution is 9.09. The van der Waals surface area contributed by atoms with Gasteiger partial charge in [-0.1, -0.05) is 91.9 Å². The van der Waals surface area contributed by atoms with Crippen LogP contribution in [0, 0.1) is 6.92 Å². The van der Waals surface area contributed by atoms with Crippen LogP contribution in [0.4, 0.5) is 0 Å². The Labute approximate surface area is 201 Å². The van der Waals surface area contributed by atoms with Crippen LogP contribution < -0.4 is 0 Å². The van der Waals surface area contributed by atoms with Crippen molar-refractivity contribution in [3.8, 4) is 0 Å². The molecule has 1 rings (SSSR count). The maximum atomic E-state index is 10.4. The van der Waals surface area contributed by atoms with Gasteiger partial charge in [0.25, 0.3) is 0 Å². The van der Waals surface area contributed by atoms with Gasteiger partial charge in [-0.2, -0.15) is 0 Å². The van der Waals surface area contributed by atoms with E-state index in [0.717, 1.165) is 10.9 Å². The summed E-state index contributed by atoms with van der Waals surface area (Å²) in [5, 5.41) is 1.16. The number of hydrogen-bond donors (Lipinski definition) is 0. The van der Waals surface area contributed by atoms with Gasteiger partial charge >= 0.3 is 0 Å². The zero-order valence-electron chi connectivity index (χ0n) is 20.4. The monoisotopic (exact) mass is 519 g/mol. The molecule has 0 fully saturated rings. The van der Waals surface area contributed by atoms with Gasteiger partial charge in [-0.05, 0) is 44.7 Å². The molecule has 0 saturated heterocycles. The summed E-state index contributed by atoms with van der Waals surface area (Å²) >= 11 is 3.52. The van der Waals surface area contributed by atoms with Crippen LogP contribution in [0.2, 0.25) is 0 Å². The van der Waals surface area contributed by atoms with Crippen LogP contribution in [0.3, 0.4) is 0 Å². The molecule has 4 nitrogen and oxygen atoms in total. The first-order chi connectivity index (χ1) is 14.6. The summed E-state index contributed by atoms with van der Waals surface area (Å²) in [5.41, 5.74) is 0.928. The summed E-state index contributed by atoms with van der Waals surface area (Å²) in [6.07, 6.45) is 17.1. The van der Waals surface area contributed by atoms with Gasteiger partial charge in [0.1, 0.15) is 10.1 Å². The highest BCUT2D eigenvalue weighted by atomic mass is 79.9. The Morgan fingerprint density at radius 3 is 1.61 bits per heavy atom. The molecule has 0 bridgehead atoms. The smallest absolute Gasteiger partial charge is 0.124 e. The summed E-state index contributed by atoms with van der Waals surface area (Å²) in [6, 6.07) is 5.78.